The Kier molecular flexibility index (Phi) is 6.61. The topological polar surface area (TPSA) is 50.9 Å². The Morgan fingerprint density at radius 2 is 2.30 bits per heavy atom. The van der Waals surface area contributed by atoms with E-state index in [9.17, 15) is 9.90 Å². The van der Waals surface area contributed by atoms with Gasteiger partial charge in [-0.25, -0.2) is 0 Å². The lowest BCUT2D eigenvalue weighted by molar-refractivity contribution is -0.0204. The van der Waals surface area contributed by atoms with Gasteiger partial charge in [0.1, 0.15) is 0 Å². The molecule has 1 N–H and O–H groups in total. The van der Waals surface area contributed by atoms with Gasteiger partial charge in [0.25, 0.3) is 0 Å². The molecule has 0 aliphatic heterocycles. The summed E-state index contributed by atoms with van der Waals surface area (Å²) in [5, 5.41) is 11.4. The van der Waals surface area contributed by atoms with Crippen molar-refractivity contribution < 1.29 is 14.6 Å². The van der Waals surface area contributed by atoms with Crippen molar-refractivity contribution in [3.63, 3.8) is 0 Å². The number of ketones is 1. The van der Waals surface area contributed by atoms with Crippen molar-refractivity contribution >= 4 is 22.9 Å². The van der Waals surface area contributed by atoms with Crippen molar-refractivity contribution in [1.29, 1.82) is 0 Å². The Hall–Kier alpha value is -1.36. The van der Waals surface area contributed by atoms with E-state index in [2.05, 4.69) is 6.92 Å². The van der Waals surface area contributed by atoms with E-state index in [0.717, 1.165) is 36.9 Å². The van der Waals surface area contributed by atoms with Crippen LogP contribution in [0.2, 0.25) is 5.02 Å². The third kappa shape index (κ3) is 4.74. The monoisotopic (exact) mass is 391 g/mol. The summed E-state index contributed by atoms with van der Waals surface area (Å²) in [4.78, 5) is 13.0. The zero-order valence-corrected chi connectivity index (χ0v) is 17.1. The van der Waals surface area contributed by atoms with Crippen LogP contribution in [0.3, 0.4) is 0 Å². The Bertz CT molecular complexity index is 800. The highest BCUT2D eigenvalue weighted by molar-refractivity contribution is 6.35. The average Bonchev–Trinajstić information content (AvgIpc) is 3.00. The molecule has 148 valence electrons. The van der Waals surface area contributed by atoms with E-state index < -0.39 is 5.60 Å². The predicted octanol–water partition coefficient (Wildman–Crippen LogP) is 5.08. The fourth-order valence-electron chi connectivity index (χ4n) is 4.35. The Labute approximate surface area is 166 Å². The summed E-state index contributed by atoms with van der Waals surface area (Å²) in [6.07, 6.45) is 7.32. The van der Waals surface area contributed by atoms with E-state index in [-0.39, 0.29) is 5.78 Å². The van der Waals surface area contributed by atoms with Gasteiger partial charge < -0.3 is 14.2 Å². The lowest BCUT2D eigenvalue weighted by atomic mass is 9.76. The summed E-state index contributed by atoms with van der Waals surface area (Å²) < 4.78 is 7.46. The molecule has 2 aromatic rings. The first-order chi connectivity index (χ1) is 12.9. The van der Waals surface area contributed by atoms with E-state index >= 15 is 0 Å². The molecule has 1 fully saturated rings. The molecule has 1 aliphatic carbocycles. The van der Waals surface area contributed by atoms with Crippen molar-refractivity contribution in [2.75, 3.05) is 13.2 Å². The van der Waals surface area contributed by atoms with Crippen molar-refractivity contribution in [3.05, 3.63) is 40.7 Å². The number of carbonyl (C=O) groups is 1. The van der Waals surface area contributed by atoms with E-state index in [1.807, 2.05) is 35.7 Å². The SMILES string of the molecule is CCOCCc1cc(C(=O)CC[C@@]2(O)CCC[C@@H](C)C2)c2c(Cl)cccn12. The minimum Gasteiger partial charge on any atom is -0.390 e. The normalized spacial score (nSPS) is 23.0. The van der Waals surface area contributed by atoms with Crippen LogP contribution in [0, 0.1) is 5.92 Å². The van der Waals surface area contributed by atoms with Gasteiger partial charge in [0.2, 0.25) is 0 Å². The standard InChI is InChI=1S/C22H30ClNO3/c1-3-27-13-9-17-14-18(21-19(23)7-5-12-24(17)21)20(25)8-11-22(26)10-4-6-16(2)15-22/h5,7,12,14,16,26H,3-4,6,8-11,13,15H2,1-2H3/t16-,22+/m1/s1. The van der Waals surface area contributed by atoms with Crippen LogP contribution in [0.4, 0.5) is 0 Å². The highest BCUT2D eigenvalue weighted by Gasteiger charge is 2.33. The second kappa shape index (κ2) is 8.76. The molecule has 0 bridgehead atoms. The lowest BCUT2D eigenvalue weighted by Gasteiger charge is -2.35. The summed E-state index contributed by atoms with van der Waals surface area (Å²) >= 11 is 6.42. The molecule has 2 heterocycles. The first-order valence-electron chi connectivity index (χ1n) is 10.1. The summed E-state index contributed by atoms with van der Waals surface area (Å²) in [7, 11) is 0. The van der Waals surface area contributed by atoms with Crippen molar-refractivity contribution in [1.82, 2.24) is 4.40 Å². The van der Waals surface area contributed by atoms with Gasteiger partial charge in [0.05, 0.1) is 22.7 Å². The molecule has 27 heavy (non-hydrogen) atoms. The number of carbonyl (C=O) groups excluding carboxylic acids is 1. The molecule has 5 heteroatoms. The number of nitrogens with zero attached hydrogens (tertiary/aromatic N) is 1. The minimum atomic E-state index is -0.704. The van der Waals surface area contributed by atoms with Crippen LogP contribution in [0.25, 0.3) is 5.52 Å². The Morgan fingerprint density at radius 3 is 3.04 bits per heavy atom. The molecule has 0 amide bonds. The molecule has 3 rings (SSSR count). The van der Waals surface area contributed by atoms with Crippen LogP contribution in [-0.4, -0.2) is 34.1 Å². The van der Waals surface area contributed by atoms with Gasteiger partial charge >= 0.3 is 0 Å². The maximum atomic E-state index is 13.0. The maximum absolute atomic E-state index is 13.0. The Morgan fingerprint density at radius 1 is 1.48 bits per heavy atom. The summed E-state index contributed by atoms with van der Waals surface area (Å²) in [6.45, 7) is 5.43. The summed E-state index contributed by atoms with van der Waals surface area (Å²) in [5.74, 6) is 0.573. The average molecular weight is 392 g/mol. The summed E-state index contributed by atoms with van der Waals surface area (Å²) in [6, 6.07) is 5.65. The maximum Gasteiger partial charge on any atom is 0.165 e. The molecule has 0 aromatic carbocycles. The van der Waals surface area contributed by atoms with Crippen LogP contribution < -0.4 is 0 Å². The van der Waals surface area contributed by atoms with E-state index in [1.165, 1.54) is 6.42 Å². The molecular formula is C22H30ClNO3. The van der Waals surface area contributed by atoms with Gasteiger partial charge in [-0.15, -0.1) is 0 Å². The molecule has 0 unspecified atom stereocenters. The number of fused-ring (bicyclic) bond motifs is 1. The van der Waals surface area contributed by atoms with Gasteiger partial charge in [0, 0.05) is 36.9 Å². The fraction of sp³-hybridized carbons (Fsp3) is 0.591. The van der Waals surface area contributed by atoms with Crippen molar-refractivity contribution in [2.45, 2.75) is 64.4 Å². The van der Waals surface area contributed by atoms with Crippen LogP contribution in [0.5, 0.6) is 0 Å². The quantitative estimate of drug-likeness (QED) is 0.504. The van der Waals surface area contributed by atoms with Gasteiger partial charge in [-0.05, 0) is 50.3 Å². The van der Waals surface area contributed by atoms with Crippen LogP contribution >= 0.6 is 11.6 Å². The number of pyridine rings is 1. The third-order valence-electron chi connectivity index (χ3n) is 5.71. The number of aliphatic hydroxyl groups is 1. The molecule has 0 saturated heterocycles. The molecule has 2 aromatic heterocycles. The first kappa shape index (κ1) is 20.4. The van der Waals surface area contributed by atoms with Gasteiger partial charge in [-0.1, -0.05) is 31.4 Å². The minimum absolute atomic E-state index is 0.0508. The number of hydrogen-bond acceptors (Lipinski definition) is 3. The van der Waals surface area contributed by atoms with Crippen LogP contribution in [0.1, 0.15) is 68.4 Å². The first-order valence-corrected chi connectivity index (χ1v) is 10.4. The van der Waals surface area contributed by atoms with E-state index in [4.69, 9.17) is 16.3 Å². The van der Waals surface area contributed by atoms with Gasteiger partial charge in [-0.2, -0.15) is 0 Å². The van der Waals surface area contributed by atoms with Crippen molar-refractivity contribution in [2.24, 2.45) is 5.92 Å². The largest absolute Gasteiger partial charge is 0.390 e. The van der Waals surface area contributed by atoms with E-state index in [1.54, 1.807) is 0 Å². The predicted molar refractivity (Wildman–Crippen MR) is 109 cm³/mol. The van der Waals surface area contributed by atoms with Gasteiger partial charge in [-0.3, -0.25) is 4.79 Å². The molecule has 1 saturated carbocycles. The lowest BCUT2D eigenvalue weighted by Crippen LogP contribution is -2.35. The highest BCUT2D eigenvalue weighted by atomic mass is 35.5. The Balaban J connectivity index is 1.79. The number of rotatable bonds is 8. The number of halogens is 1. The fourth-order valence-corrected chi connectivity index (χ4v) is 4.62. The molecule has 1 aliphatic rings. The second-order valence-corrected chi connectivity index (χ2v) is 8.33. The number of aromatic nitrogens is 1. The number of hydrogen-bond donors (Lipinski definition) is 1. The smallest absolute Gasteiger partial charge is 0.165 e. The zero-order chi connectivity index (χ0) is 19.4. The summed E-state index contributed by atoms with van der Waals surface area (Å²) in [5.41, 5.74) is 1.73. The second-order valence-electron chi connectivity index (χ2n) is 7.92. The third-order valence-corrected chi connectivity index (χ3v) is 6.02. The number of ether oxygens (including phenoxy) is 1. The molecular weight excluding hydrogens is 362 g/mol. The zero-order valence-electron chi connectivity index (χ0n) is 16.3. The molecule has 0 radical (unpaired) electrons. The van der Waals surface area contributed by atoms with Crippen molar-refractivity contribution in [3.8, 4) is 0 Å². The van der Waals surface area contributed by atoms with E-state index in [0.29, 0.717) is 42.6 Å². The number of Topliss-reactive ketones (excluding diaryl/α,β-unsaturated/α-hetero) is 1. The van der Waals surface area contributed by atoms with Gasteiger partial charge in [0.15, 0.2) is 5.78 Å². The highest BCUT2D eigenvalue weighted by Crippen LogP contribution is 2.36. The molecule has 4 nitrogen and oxygen atoms in total. The van der Waals surface area contributed by atoms with Crippen LogP contribution in [-0.2, 0) is 11.2 Å². The molecule has 2 atom stereocenters. The molecule has 0 spiro atoms. The van der Waals surface area contributed by atoms with Crippen LogP contribution in [0.15, 0.2) is 24.4 Å².